The van der Waals surface area contributed by atoms with Crippen LogP contribution in [0.3, 0.4) is 0 Å². The molecular weight excluding hydrogens is 656 g/mol. The van der Waals surface area contributed by atoms with Gasteiger partial charge in [-0.15, -0.1) is 0 Å². The van der Waals surface area contributed by atoms with E-state index in [1.54, 1.807) is 37.3 Å². The Morgan fingerprint density at radius 1 is 0.577 bits per heavy atom. The minimum absolute atomic E-state index is 0.355. The zero-order valence-electron chi connectivity index (χ0n) is 28.3. The molecule has 0 saturated carbocycles. The van der Waals surface area contributed by atoms with Gasteiger partial charge in [-0.3, -0.25) is 19.2 Å². The van der Waals surface area contributed by atoms with E-state index in [4.69, 9.17) is 9.47 Å². The summed E-state index contributed by atoms with van der Waals surface area (Å²) < 4.78 is 12.1. The van der Waals surface area contributed by atoms with Gasteiger partial charge in [0.15, 0.2) is 23.9 Å². The molecule has 0 aromatic heterocycles. The molecule has 2 fully saturated rings. The van der Waals surface area contributed by atoms with Crippen molar-refractivity contribution in [3.63, 3.8) is 0 Å². The first-order valence-corrected chi connectivity index (χ1v) is 17.2. The molecule has 5 atom stereocenters. The van der Waals surface area contributed by atoms with Gasteiger partial charge in [-0.25, -0.2) is 4.79 Å². The molecule has 2 heterocycles. The maximum absolute atomic E-state index is 14.1. The number of carbonyl (C=O) groups is 5. The molecule has 7 rings (SSSR count). The normalized spacial score (nSPS) is 19.8. The number of benzene rings is 5. The van der Waals surface area contributed by atoms with Gasteiger partial charge in [-0.2, -0.15) is 0 Å². The van der Waals surface area contributed by atoms with Gasteiger partial charge >= 0.3 is 11.9 Å². The second-order valence-corrected chi connectivity index (χ2v) is 12.9. The highest BCUT2D eigenvalue weighted by Gasteiger charge is 2.65. The van der Waals surface area contributed by atoms with Crippen LogP contribution in [0.1, 0.15) is 52.9 Å². The van der Waals surface area contributed by atoms with Crippen molar-refractivity contribution in [2.45, 2.75) is 43.2 Å². The van der Waals surface area contributed by atoms with Gasteiger partial charge in [-0.05, 0) is 27.8 Å². The van der Waals surface area contributed by atoms with Gasteiger partial charge in [0.1, 0.15) is 18.1 Å². The van der Waals surface area contributed by atoms with E-state index >= 15 is 0 Å². The van der Waals surface area contributed by atoms with E-state index in [2.05, 4.69) is 5.32 Å². The summed E-state index contributed by atoms with van der Waals surface area (Å²) in [6.07, 6.45) is -1.58. The Bertz CT molecular complexity index is 1980. The van der Waals surface area contributed by atoms with E-state index in [0.717, 1.165) is 11.1 Å². The molecule has 2 aliphatic heterocycles. The summed E-state index contributed by atoms with van der Waals surface area (Å²) in [7, 11) is 0. The third kappa shape index (κ3) is 6.60. The Kier molecular flexibility index (Phi) is 9.75. The fraction of sp³-hybridized carbons (Fsp3) is 0.186. The third-order valence-corrected chi connectivity index (χ3v) is 9.70. The Balaban J connectivity index is 1.11. The summed E-state index contributed by atoms with van der Waals surface area (Å²) in [6, 6.07) is 41.7. The van der Waals surface area contributed by atoms with E-state index in [-0.39, 0.29) is 5.78 Å². The average Bonchev–Trinajstić information content (AvgIpc) is 3.43. The second kappa shape index (κ2) is 14.9. The first kappa shape index (κ1) is 34.1. The van der Waals surface area contributed by atoms with Gasteiger partial charge in [0, 0.05) is 5.92 Å². The number of esters is 2. The number of nitrogens with zero attached hydrogens (tertiary/aromatic N) is 1. The summed E-state index contributed by atoms with van der Waals surface area (Å²) in [6.45, 7) is 1.58. The summed E-state index contributed by atoms with van der Waals surface area (Å²) in [5.41, 5.74) is 3.25. The first-order chi connectivity index (χ1) is 25.3. The van der Waals surface area contributed by atoms with Gasteiger partial charge in [0.05, 0.1) is 0 Å². The number of ether oxygens (including phenoxy) is 2. The van der Waals surface area contributed by atoms with Crippen LogP contribution in [0.4, 0.5) is 0 Å². The van der Waals surface area contributed by atoms with Crippen molar-refractivity contribution in [3.8, 4) is 0 Å². The number of Topliss-reactive ketones (excluding diaryl/α,β-unsaturated/α-hetero) is 1. The van der Waals surface area contributed by atoms with Crippen molar-refractivity contribution in [1.29, 1.82) is 0 Å². The van der Waals surface area contributed by atoms with E-state index in [9.17, 15) is 24.0 Å². The van der Waals surface area contributed by atoms with Crippen molar-refractivity contribution < 1.29 is 33.4 Å². The molecule has 52 heavy (non-hydrogen) atoms. The van der Waals surface area contributed by atoms with Crippen LogP contribution in [0.15, 0.2) is 152 Å². The molecular formula is C43H36N2O7. The molecule has 0 bridgehead atoms. The number of rotatable bonds is 11. The van der Waals surface area contributed by atoms with Crippen LogP contribution in [0.2, 0.25) is 0 Å². The van der Waals surface area contributed by atoms with Crippen molar-refractivity contribution in [2.24, 2.45) is 5.92 Å². The lowest BCUT2D eigenvalue weighted by atomic mass is 9.91. The SMILES string of the molecule is CC1C(=O)[C@@H]2C(NC(=O)C(C(=O)OC(c3ccccc3)c3ccccc3)c3ccccc3)C(=O)N2C1C(=O)OC(c1ccccc1)c1ccccc1. The van der Waals surface area contributed by atoms with Crippen LogP contribution < -0.4 is 5.32 Å². The van der Waals surface area contributed by atoms with Crippen LogP contribution in [-0.2, 0) is 33.4 Å². The van der Waals surface area contributed by atoms with E-state index in [1.807, 2.05) is 121 Å². The highest BCUT2D eigenvalue weighted by molar-refractivity contribution is 6.13. The first-order valence-electron chi connectivity index (χ1n) is 17.2. The maximum atomic E-state index is 14.1. The molecule has 0 spiro atoms. The van der Waals surface area contributed by atoms with Crippen molar-refractivity contribution >= 4 is 29.5 Å². The van der Waals surface area contributed by atoms with Gasteiger partial charge in [0.25, 0.3) is 0 Å². The summed E-state index contributed by atoms with van der Waals surface area (Å²) in [5, 5.41) is 2.67. The highest BCUT2D eigenvalue weighted by atomic mass is 16.5. The Morgan fingerprint density at radius 3 is 1.38 bits per heavy atom. The summed E-state index contributed by atoms with van der Waals surface area (Å²) in [4.78, 5) is 70.5. The fourth-order valence-electron chi connectivity index (χ4n) is 7.06. The second-order valence-electron chi connectivity index (χ2n) is 12.9. The van der Waals surface area contributed by atoms with Crippen LogP contribution in [0.25, 0.3) is 0 Å². The Hall–Kier alpha value is -6.35. The molecule has 0 radical (unpaired) electrons. The van der Waals surface area contributed by atoms with E-state index in [0.29, 0.717) is 16.7 Å². The van der Waals surface area contributed by atoms with Crippen LogP contribution in [-0.4, -0.2) is 52.6 Å². The van der Waals surface area contributed by atoms with Crippen molar-refractivity contribution in [2.75, 3.05) is 0 Å². The van der Waals surface area contributed by atoms with Crippen LogP contribution in [0.5, 0.6) is 0 Å². The Morgan fingerprint density at radius 2 is 0.962 bits per heavy atom. The molecule has 1 N–H and O–H groups in total. The van der Waals surface area contributed by atoms with E-state index in [1.165, 1.54) is 4.90 Å². The number of β-lactam (4-membered cyclic amide) rings is 1. The monoisotopic (exact) mass is 692 g/mol. The number of fused-ring (bicyclic) bond motifs is 1. The standard InChI is InChI=1S/C43H36N2O7/c1-27-35(43(50)52-39(31-23-13-5-14-24-31)32-25-15-6-16-26-32)45-36(37(27)46)34(41(45)48)44-40(47)33(28-17-7-2-8-18-28)42(49)51-38(29-19-9-3-10-20-29)30-21-11-4-12-22-30/h2-27,33-36,38-39H,1H3,(H,44,47)/t27?,33?,34?,35?,36-/m0/s1. The Labute approximate surface area is 301 Å². The molecule has 2 aliphatic rings. The van der Waals surface area contributed by atoms with Gasteiger partial charge in [0.2, 0.25) is 11.8 Å². The van der Waals surface area contributed by atoms with Crippen molar-refractivity contribution in [1.82, 2.24) is 10.2 Å². The van der Waals surface area contributed by atoms with Crippen molar-refractivity contribution in [3.05, 3.63) is 179 Å². The minimum atomic E-state index is -1.45. The third-order valence-electron chi connectivity index (χ3n) is 9.70. The minimum Gasteiger partial charge on any atom is -0.452 e. The largest absolute Gasteiger partial charge is 0.452 e. The van der Waals surface area contributed by atoms with Crippen LogP contribution in [0, 0.1) is 5.92 Å². The molecule has 9 heteroatoms. The molecule has 5 aromatic carbocycles. The number of ketones is 1. The van der Waals surface area contributed by atoms with Crippen LogP contribution >= 0.6 is 0 Å². The summed E-state index contributed by atoms with van der Waals surface area (Å²) >= 11 is 0. The molecule has 2 saturated heterocycles. The molecule has 0 aliphatic carbocycles. The number of carbonyl (C=O) groups excluding carboxylic acids is 5. The highest BCUT2D eigenvalue weighted by Crippen LogP contribution is 2.39. The lowest BCUT2D eigenvalue weighted by Gasteiger charge is -2.44. The topological polar surface area (TPSA) is 119 Å². The quantitative estimate of drug-likeness (QED) is 0.107. The predicted molar refractivity (Wildman–Crippen MR) is 191 cm³/mol. The molecule has 2 amide bonds. The summed E-state index contributed by atoms with van der Waals surface area (Å²) in [5.74, 6) is -5.68. The number of amides is 2. The average molecular weight is 693 g/mol. The zero-order chi connectivity index (χ0) is 36.2. The number of nitrogens with one attached hydrogen (secondary N) is 1. The predicted octanol–water partition coefficient (Wildman–Crippen LogP) is 5.72. The smallest absolute Gasteiger partial charge is 0.330 e. The van der Waals surface area contributed by atoms with Gasteiger partial charge in [-0.1, -0.05) is 159 Å². The lowest BCUT2D eigenvalue weighted by Crippen LogP contribution is -2.72. The molecule has 5 aromatic rings. The maximum Gasteiger partial charge on any atom is 0.330 e. The molecule has 260 valence electrons. The number of hydrogen-bond acceptors (Lipinski definition) is 7. The van der Waals surface area contributed by atoms with Gasteiger partial charge < -0.3 is 19.7 Å². The zero-order valence-corrected chi connectivity index (χ0v) is 28.3. The molecule has 4 unspecified atom stereocenters. The lowest BCUT2D eigenvalue weighted by molar-refractivity contribution is -0.167. The van der Waals surface area contributed by atoms with E-state index < -0.39 is 65.9 Å². The molecule has 9 nitrogen and oxygen atoms in total. The fourth-order valence-corrected chi connectivity index (χ4v) is 7.06. The number of hydrogen-bond donors (Lipinski definition) is 1.